The predicted octanol–water partition coefficient (Wildman–Crippen LogP) is 0.309. The highest BCUT2D eigenvalue weighted by atomic mass is 35.5. The van der Waals surface area contributed by atoms with E-state index in [9.17, 15) is 9.13 Å². The van der Waals surface area contributed by atoms with E-state index >= 15 is 0 Å². The van der Waals surface area contributed by atoms with E-state index in [0.29, 0.717) is 5.02 Å². The first-order chi connectivity index (χ1) is 7.60. The summed E-state index contributed by atoms with van der Waals surface area (Å²) < 4.78 is 23.3. The minimum Gasteiger partial charge on any atom is -0.324 e. The van der Waals surface area contributed by atoms with E-state index < -0.39 is 27.1 Å². The summed E-state index contributed by atoms with van der Waals surface area (Å²) in [5.41, 5.74) is 0. The molecular formula is C7H11ClNO6P2+. The second kappa shape index (κ2) is 5.16. The topological polar surface area (TPSA) is 119 Å². The van der Waals surface area contributed by atoms with E-state index in [2.05, 4.69) is 0 Å². The molecule has 0 bridgehead atoms. The molecule has 0 saturated heterocycles. The number of hydrogen-bond donors (Lipinski definition) is 4. The minimum atomic E-state index is -4.90. The summed E-state index contributed by atoms with van der Waals surface area (Å²) in [6, 6.07) is 3.03. The van der Waals surface area contributed by atoms with Crippen molar-refractivity contribution in [3.63, 3.8) is 0 Å². The van der Waals surface area contributed by atoms with Crippen molar-refractivity contribution in [2.75, 3.05) is 0 Å². The van der Waals surface area contributed by atoms with Crippen LogP contribution in [0, 0.1) is 0 Å². The van der Waals surface area contributed by atoms with Crippen LogP contribution in [0.4, 0.5) is 0 Å². The van der Waals surface area contributed by atoms with Gasteiger partial charge in [-0.3, -0.25) is 9.13 Å². The lowest BCUT2D eigenvalue weighted by Crippen LogP contribution is -2.39. The van der Waals surface area contributed by atoms with E-state index in [1.54, 1.807) is 0 Å². The number of halogens is 1. The SMILES string of the molecule is O=P(O)(O)C(C[n+]1cccc(Cl)c1)P(=O)(O)O. The lowest BCUT2D eigenvalue weighted by molar-refractivity contribution is -0.694. The van der Waals surface area contributed by atoms with Crippen LogP contribution in [-0.2, 0) is 15.7 Å². The van der Waals surface area contributed by atoms with Gasteiger partial charge in [0.15, 0.2) is 18.9 Å². The number of rotatable bonds is 4. The Morgan fingerprint density at radius 3 is 2.18 bits per heavy atom. The molecule has 4 N–H and O–H groups in total. The fraction of sp³-hybridized carbons (Fsp3) is 0.286. The number of nitrogens with zero attached hydrogens (tertiary/aromatic N) is 1. The van der Waals surface area contributed by atoms with Gasteiger partial charge in [0.25, 0.3) is 0 Å². The first kappa shape index (κ1) is 14.8. The zero-order valence-corrected chi connectivity index (χ0v) is 11.0. The van der Waals surface area contributed by atoms with E-state index in [4.69, 9.17) is 31.2 Å². The molecule has 17 heavy (non-hydrogen) atoms. The molecule has 0 spiro atoms. The number of aromatic nitrogens is 1. The fourth-order valence-corrected chi connectivity index (χ4v) is 3.77. The van der Waals surface area contributed by atoms with Gasteiger partial charge in [-0.25, -0.2) is 4.57 Å². The van der Waals surface area contributed by atoms with E-state index in [1.165, 1.54) is 29.1 Å². The molecule has 0 atom stereocenters. The van der Waals surface area contributed by atoms with Crippen LogP contribution in [0.3, 0.4) is 0 Å². The smallest absolute Gasteiger partial charge is 0.324 e. The Hall–Kier alpha value is -0.260. The Bertz CT molecular complexity index is 475. The summed E-state index contributed by atoms with van der Waals surface area (Å²) in [6.07, 6.45) is 2.73. The summed E-state index contributed by atoms with van der Waals surface area (Å²) in [5, 5.41) is -1.78. The lowest BCUT2D eigenvalue weighted by Gasteiger charge is -2.16. The third kappa shape index (κ3) is 4.48. The molecule has 0 unspecified atom stereocenters. The van der Waals surface area contributed by atoms with Crippen molar-refractivity contribution in [2.45, 2.75) is 11.9 Å². The molecule has 0 aliphatic heterocycles. The van der Waals surface area contributed by atoms with Crippen LogP contribution < -0.4 is 4.57 Å². The number of hydrogen-bond acceptors (Lipinski definition) is 2. The Morgan fingerprint density at radius 1 is 1.24 bits per heavy atom. The van der Waals surface area contributed by atoms with Crippen LogP contribution >= 0.6 is 26.8 Å². The van der Waals surface area contributed by atoms with Gasteiger partial charge < -0.3 is 19.6 Å². The predicted molar refractivity (Wildman–Crippen MR) is 59.5 cm³/mol. The van der Waals surface area contributed by atoms with Crippen LogP contribution in [0.15, 0.2) is 24.5 Å². The standard InChI is InChI=1S/C7H10ClNO6P2/c8-6-2-1-3-9(4-6)5-7(16(10,11)12)17(13,14)15/h1-4,7H,5H2,(H3-,10,11,12,13,14,15)/p+1. The molecular weight excluding hydrogens is 291 g/mol. The molecule has 1 rings (SSSR count). The molecule has 0 saturated carbocycles. The van der Waals surface area contributed by atoms with Gasteiger partial charge in [-0.15, -0.1) is 0 Å². The molecule has 0 amide bonds. The molecule has 0 fully saturated rings. The second-order valence-corrected chi connectivity index (χ2v) is 7.82. The van der Waals surface area contributed by atoms with Crippen molar-refractivity contribution in [3.8, 4) is 0 Å². The van der Waals surface area contributed by atoms with E-state index in [-0.39, 0.29) is 0 Å². The average molecular weight is 303 g/mol. The molecule has 0 radical (unpaired) electrons. The average Bonchev–Trinajstić information content (AvgIpc) is 2.10. The zero-order chi connectivity index (χ0) is 13.3. The Morgan fingerprint density at radius 2 is 1.76 bits per heavy atom. The largest absolute Gasteiger partial charge is 0.347 e. The van der Waals surface area contributed by atoms with Gasteiger partial charge >= 0.3 is 15.2 Å². The summed E-state index contributed by atoms with van der Waals surface area (Å²) in [6.45, 7) is -0.519. The van der Waals surface area contributed by atoms with Crippen molar-refractivity contribution < 1.29 is 33.3 Å². The highest BCUT2D eigenvalue weighted by molar-refractivity contribution is 7.70. The maximum atomic E-state index is 11.0. The monoisotopic (exact) mass is 302 g/mol. The lowest BCUT2D eigenvalue weighted by atomic mass is 10.5. The Kier molecular flexibility index (Phi) is 4.49. The van der Waals surface area contributed by atoms with Crippen LogP contribution in [-0.4, -0.2) is 25.0 Å². The molecule has 1 heterocycles. The van der Waals surface area contributed by atoms with Gasteiger partial charge in [0.2, 0.25) is 5.40 Å². The van der Waals surface area contributed by atoms with Gasteiger partial charge in [0, 0.05) is 6.07 Å². The van der Waals surface area contributed by atoms with Crippen LogP contribution in [0.5, 0.6) is 0 Å². The van der Waals surface area contributed by atoms with Crippen molar-refractivity contribution in [1.29, 1.82) is 0 Å². The molecule has 0 aliphatic rings. The van der Waals surface area contributed by atoms with E-state index in [1.807, 2.05) is 0 Å². The van der Waals surface area contributed by atoms with Crippen LogP contribution in [0.2, 0.25) is 5.02 Å². The molecule has 0 aromatic carbocycles. The first-order valence-corrected chi connectivity index (χ1v) is 8.10. The molecule has 7 nitrogen and oxygen atoms in total. The van der Waals surface area contributed by atoms with Crippen molar-refractivity contribution in [1.82, 2.24) is 0 Å². The third-order valence-electron chi connectivity index (χ3n) is 1.97. The van der Waals surface area contributed by atoms with Gasteiger partial charge in [-0.05, 0) is 6.07 Å². The number of pyridine rings is 1. The Balaban J connectivity index is 3.04. The third-order valence-corrected chi connectivity index (χ3v) is 5.88. The summed E-state index contributed by atoms with van der Waals surface area (Å²) in [4.78, 5) is 35.7. The Labute approximate surface area is 102 Å². The molecule has 10 heteroatoms. The highest BCUT2D eigenvalue weighted by Gasteiger charge is 2.46. The van der Waals surface area contributed by atoms with Gasteiger partial charge in [0.1, 0.15) is 5.02 Å². The normalized spacial score (nSPS) is 13.1. The van der Waals surface area contributed by atoms with Gasteiger partial charge in [0.05, 0.1) is 0 Å². The highest BCUT2D eigenvalue weighted by Crippen LogP contribution is 2.59. The second-order valence-electron chi connectivity index (χ2n) is 3.38. The maximum Gasteiger partial charge on any atom is 0.347 e. The van der Waals surface area contributed by atoms with Crippen molar-refractivity contribution >= 4 is 26.8 Å². The first-order valence-electron chi connectivity index (χ1n) is 4.36. The van der Waals surface area contributed by atoms with Crippen LogP contribution in [0.1, 0.15) is 0 Å². The van der Waals surface area contributed by atoms with Gasteiger partial charge in [-0.2, -0.15) is 0 Å². The van der Waals surface area contributed by atoms with Crippen molar-refractivity contribution in [3.05, 3.63) is 29.5 Å². The van der Waals surface area contributed by atoms with Crippen molar-refractivity contribution in [2.24, 2.45) is 0 Å². The molecule has 1 aromatic rings. The molecule has 0 aliphatic carbocycles. The maximum absolute atomic E-state index is 11.0. The summed E-state index contributed by atoms with van der Waals surface area (Å²) >= 11 is 5.65. The minimum absolute atomic E-state index is 0.294. The molecule has 1 aromatic heterocycles. The van der Waals surface area contributed by atoms with E-state index in [0.717, 1.165) is 0 Å². The quantitative estimate of drug-likeness (QED) is 0.469. The fourth-order valence-electron chi connectivity index (χ4n) is 1.20. The summed E-state index contributed by atoms with van der Waals surface area (Å²) in [5.74, 6) is 0. The van der Waals surface area contributed by atoms with Gasteiger partial charge in [-0.1, -0.05) is 11.6 Å². The zero-order valence-electron chi connectivity index (χ0n) is 8.42. The molecule has 96 valence electrons. The van der Waals surface area contributed by atoms with Crippen LogP contribution in [0.25, 0.3) is 0 Å². The summed E-state index contributed by atoms with van der Waals surface area (Å²) in [7, 11) is -9.81.